The first kappa shape index (κ1) is 25.0. The molecule has 6 nitrogen and oxygen atoms in total. The Morgan fingerprint density at radius 1 is 1.00 bits per heavy atom. The van der Waals surface area contributed by atoms with Crippen molar-refractivity contribution >= 4 is 39.8 Å². The maximum absolute atomic E-state index is 12.7. The number of fused-ring (bicyclic) bond motifs is 2. The highest BCUT2D eigenvalue weighted by atomic mass is 32.2. The lowest BCUT2D eigenvalue weighted by molar-refractivity contribution is 0.0303. The van der Waals surface area contributed by atoms with E-state index < -0.39 is 0 Å². The van der Waals surface area contributed by atoms with Crippen molar-refractivity contribution in [1.82, 2.24) is 14.9 Å². The Morgan fingerprint density at radius 2 is 1.78 bits per heavy atom. The number of nitrogens with zero attached hydrogens (tertiary/aromatic N) is 2. The predicted molar refractivity (Wildman–Crippen MR) is 145 cm³/mol. The van der Waals surface area contributed by atoms with Gasteiger partial charge in [-0.15, -0.1) is 0 Å². The van der Waals surface area contributed by atoms with Crippen molar-refractivity contribution in [3.8, 4) is 11.4 Å². The fraction of sp³-hybridized carbons (Fsp3) is 0.172. The lowest BCUT2D eigenvalue weighted by atomic mass is 10.0. The van der Waals surface area contributed by atoms with E-state index in [-0.39, 0.29) is 11.7 Å². The van der Waals surface area contributed by atoms with Crippen LogP contribution in [0.1, 0.15) is 10.4 Å². The largest absolute Gasteiger partial charge is 0.378 e. The van der Waals surface area contributed by atoms with Gasteiger partial charge in [0.25, 0.3) is 5.91 Å². The molecular formula is C29H26FN3O3S. The van der Waals surface area contributed by atoms with Gasteiger partial charge in [0.15, 0.2) is 0 Å². The number of benzene rings is 4. The second-order valence-electron chi connectivity index (χ2n) is 8.46. The highest BCUT2D eigenvalue weighted by molar-refractivity contribution is 7.94. The zero-order chi connectivity index (χ0) is 25.6. The van der Waals surface area contributed by atoms with Crippen LogP contribution in [-0.2, 0) is 8.92 Å². The molecule has 0 spiro atoms. The lowest BCUT2D eigenvalue weighted by Crippen LogP contribution is -2.40. The van der Waals surface area contributed by atoms with Gasteiger partial charge in [-0.1, -0.05) is 48.5 Å². The van der Waals surface area contributed by atoms with Gasteiger partial charge in [0.2, 0.25) is 0 Å². The summed E-state index contributed by atoms with van der Waals surface area (Å²) in [7, 11) is 1.55. The number of hydrogen-bond acceptors (Lipinski definition) is 5. The number of rotatable bonds is 4. The molecule has 1 amide bonds. The third kappa shape index (κ3) is 5.83. The van der Waals surface area contributed by atoms with Crippen molar-refractivity contribution in [1.29, 1.82) is 0 Å². The molecule has 0 atom stereocenters. The van der Waals surface area contributed by atoms with E-state index in [9.17, 15) is 9.18 Å². The second-order valence-corrected chi connectivity index (χ2v) is 9.43. The van der Waals surface area contributed by atoms with E-state index in [4.69, 9.17) is 13.9 Å². The van der Waals surface area contributed by atoms with Gasteiger partial charge in [0.1, 0.15) is 11.6 Å². The Kier molecular flexibility index (Phi) is 7.79. The van der Waals surface area contributed by atoms with Crippen LogP contribution < -0.4 is 0 Å². The van der Waals surface area contributed by atoms with Crippen LogP contribution in [0.25, 0.3) is 33.2 Å². The highest BCUT2D eigenvalue weighted by Crippen LogP contribution is 2.28. The molecule has 1 aliphatic heterocycles. The van der Waals surface area contributed by atoms with Crippen LogP contribution in [-0.4, -0.2) is 54.2 Å². The number of ether oxygens (including phenoxy) is 1. The predicted octanol–water partition coefficient (Wildman–Crippen LogP) is 6.33. The molecule has 37 heavy (non-hydrogen) atoms. The maximum atomic E-state index is 12.7. The van der Waals surface area contributed by atoms with Crippen molar-refractivity contribution in [2.45, 2.75) is 4.90 Å². The first-order chi connectivity index (χ1) is 18.1. The molecule has 1 aliphatic rings. The van der Waals surface area contributed by atoms with Crippen LogP contribution in [0.2, 0.25) is 0 Å². The van der Waals surface area contributed by atoms with Crippen molar-refractivity contribution in [2.24, 2.45) is 0 Å². The van der Waals surface area contributed by atoms with Gasteiger partial charge in [-0.3, -0.25) is 4.79 Å². The van der Waals surface area contributed by atoms with Crippen LogP contribution in [0.15, 0.2) is 89.8 Å². The number of hydrogen-bond donors (Lipinski definition) is 1. The Morgan fingerprint density at radius 3 is 2.59 bits per heavy atom. The van der Waals surface area contributed by atoms with Crippen molar-refractivity contribution < 1.29 is 18.1 Å². The number of aromatic amines is 1. The normalized spacial score (nSPS) is 13.4. The van der Waals surface area contributed by atoms with Crippen molar-refractivity contribution in [3.05, 3.63) is 96.3 Å². The molecular weight excluding hydrogens is 489 g/mol. The monoisotopic (exact) mass is 515 g/mol. The molecule has 4 aromatic carbocycles. The fourth-order valence-corrected chi connectivity index (χ4v) is 4.75. The highest BCUT2D eigenvalue weighted by Gasteiger charge is 2.19. The summed E-state index contributed by atoms with van der Waals surface area (Å²) in [5.74, 6) is 0.626. The lowest BCUT2D eigenvalue weighted by Gasteiger charge is -2.26. The van der Waals surface area contributed by atoms with Crippen LogP contribution in [0.4, 0.5) is 4.39 Å². The average Bonchev–Trinajstić information content (AvgIpc) is 3.37. The topological polar surface area (TPSA) is 67.5 Å². The zero-order valence-electron chi connectivity index (χ0n) is 20.3. The number of carbonyl (C=O) groups is 1. The SMILES string of the molecule is COSc1cccc(F)c1.O=C(c1ccc2nc(-c3cccc4ccccc34)[nH]c2c1)N1CCOCC1. The van der Waals surface area contributed by atoms with Gasteiger partial charge in [-0.05, 0) is 47.2 Å². The van der Waals surface area contributed by atoms with E-state index in [1.165, 1.54) is 17.5 Å². The third-order valence-corrected chi connectivity index (χ3v) is 6.66. The number of halogens is 1. The molecule has 2 heterocycles. The van der Waals surface area contributed by atoms with Crippen molar-refractivity contribution in [2.75, 3.05) is 33.4 Å². The molecule has 188 valence electrons. The summed E-state index contributed by atoms with van der Waals surface area (Å²) in [5, 5.41) is 2.34. The van der Waals surface area contributed by atoms with E-state index >= 15 is 0 Å². The smallest absolute Gasteiger partial charge is 0.254 e. The Hall–Kier alpha value is -3.72. The van der Waals surface area contributed by atoms with Gasteiger partial charge in [-0.2, -0.15) is 0 Å². The van der Waals surface area contributed by atoms with E-state index in [1.54, 1.807) is 19.2 Å². The summed E-state index contributed by atoms with van der Waals surface area (Å²) in [6.07, 6.45) is 0. The number of H-pyrrole nitrogens is 1. The van der Waals surface area contributed by atoms with E-state index in [0.29, 0.717) is 31.9 Å². The number of nitrogens with one attached hydrogen (secondary N) is 1. The summed E-state index contributed by atoms with van der Waals surface area (Å²) < 4.78 is 22.5. The summed E-state index contributed by atoms with van der Waals surface area (Å²) in [6.45, 7) is 2.48. The first-order valence-corrected chi connectivity index (χ1v) is 12.7. The quantitative estimate of drug-likeness (QED) is 0.283. The minimum Gasteiger partial charge on any atom is -0.378 e. The Balaban J connectivity index is 0.000000237. The van der Waals surface area contributed by atoms with Crippen LogP contribution in [0.5, 0.6) is 0 Å². The third-order valence-electron chi connectivity index (χ3n) is 6.05. The minimum atomic E-state index is -0.234. The zero-order valence-corrected chi connectivity index (χ0v) is 21.1. The molecule has 0 saturated carbocycles. The average molecular weight is 516 g/mol. The molecule has 5 aromatic rings. The second kappa shape index (κ2) is 11.6. The molecule has 0 bridgehead atoms. The molecule has 1 saturated heterocycles. The van der Waals surface area contributed by atoms with Gasteiger partial charge in [-0.25, -0.2) is 9.37 Å². The Bertz CT molecular complexity index is 1530. The molecule has 0 radical (unpaired) electrons. The number of morpholine rings is 1. The molecule has 6 rings (SSSR count). The van der Waals surface area contributed by atoms with Gasteiger partial charge in [0.05, 0.1) is 31.4 Å². The molecule has 1 N–H and O–H groups in total. The van der Waals surface area contributed by atoms with Crippen LogP contribution in [0, 0.1) is 5.82 Å². The Labute approximate surface area is 218 Å². The summed E-state index contributed by atoms with van der Waals surface area (Å²) in [5.41, 5.74) is 3.47. The van der Waals surface area contributed by atoms with Gasteiger partial charge >= 0.3 is 0 Å². The minimum absolute atomic E-state index is 0.0431. The van der Waals surface area contributed by atoms with E-state index in [2.05, 4.69) is 29.2 Å². The molecule has 8 heteroatoms. The summed E-state index contributed by atoms with van der Waals surface area (Å²) in [4.78, 5) is 23.5. The van der Waals surface area contributed by atoms with E-state index in [0.717, 1.165) is 44.7 Å². The number of imidazole rings is 1. The van der Waals surface area contributed by atoms with Crippen LogP contribution >= 0.6 is 12.0 Å². The first-order valence-electron chi connectivity index (χ1n) is 11.9. The number of amides is 1. The molecule has 0 aliphatic carbocycles. The summed E-state index contributed by atoms with van der Waals surface area (Å²) in [6, 6.07) is 26.4. The van der Waals surface area contributed by atoms with Gasteiger partial charge in [0, 0.05) is 41.2 Å². The number of carbonyl (C=O) groups excluding carboxylic acids is 1. The standard InChI is InChI=1S/C22H19N3O2.C7H7FOS/c26-22(25-10-12-27-13-11-25)16-8-9-19-20(14-16)24-21(23-19)18-7-3-5-15-4-1-2-6-17(15)18;1-9-10-7-4-2-3-6(8)5-7/h1-9,14H,10-13H2,(H,23,24);2-5H,1H3. The fourth-order valence-electron chi connectivity index (χ4n) is 4.27. The molecule has 1 aromatic heterocycles. The molecule has 0 unspecified atom stereocenters. The summed E-state index contributed by atoms with van der Waals surface area (Å²) >= 11 is 1.15. The van der Waals surface area contributed by atoms with Crippen LogP contribution in [0.3, 0.4) is 0 Å². The van der Waals surface area contributed by atoms with E-state index in [1.807, 2.05) is 41.3 Å². The number of aromatic nitrogens is 2. The maximum Gasteiger partial charge on any atom is 0.254 e. The molecule has 1 fully saturated rings. The van der Waals surface area contributed by atoms with Gasteiger partial charge < -0.3 is 18.8 Å². The van der Waals surface area contributed by atoms with Crippen molar-refractivity contribution in [3.63, 3.8) is 0 Å².